The molecule has 0 aliphatic heterocycles. The first-order chi connectivity index (χ1) is 41.5. The molecule has 0 spiro atoms. The zero-order chi connectivity index (χ0) is 55.6. The van der Waals surface area contributed by atoms with Crippen LogP contribution in [0, 0.1) is 13.8 Å². The summed E-state index contributed by atoms with van der Waals surface area (Å²) in [6, 6.07) is 97.9. The lowest BCUT2D eigenvalue weighted by atomic mass is 9.84. The number of furan rings is 2. The van der Waals surface area contributed by atoms with Gasteiger partial charge in [0.1, 0.15) is 16.7 Å². The molecule has 84 heavy (non-hydrogen) atoms. The van der Waals surface area contributed by atoms with Gasteiger partial charge >= 0.3 is 0 Å². The molecule has 0 aliphatic rings. The second kappa shape index (κ2) is 19.0. The van der Waals surface area contributed by atoms with Crippen molar-refractivity contribution < 1.29 is 8.83 Å². The van der Waals surface area contributed by atoms with Gasteiger partial charge in [0.2, 0.25) is 0 Å². The Morgan fingerprint density at radius 1 is 0.381 bits per heavy atom. The molecule has 4 heterocycles. The van der Waals surface area contributed by atoms with Gasteiger partial charge < -0.3 is 22.9 Å². The van der Waals surface area contributed by atoms with Crippen molar-refractivity contribution in [1.29, 1.82) is 0 Å². The maximum absolute atomic E-state index is 6.72. The summed E-state index contributed by atoms with van der Waals surface area (Å²) < 4.78 is 18.5. The highest BCUT2D eigenvalue weighted by Gasteiger charge is 2.26. The van der Waals surface area contributed by atoms with E-state index in [1.807, 2.05) is 6.07 Å². The van der Waals surface area contributed by atoms with Crippen LogP contribution < -0.4 is 4.90 Å². The number of para-hydroxylation sites is 6. The topological polar surface area (TPSA) is 39.4 Å². The number of hydrogen-bond acceptors (Lipinski definition) is 3. The number of fused-ring (bicyclic) bond motifs is 17. The average molecular weight is 1080 g/mol. The van der Waals surface area contributed by atoms with E-state index in [1.165, 1.54) is 93.0 Å². The van der Waals surface area contributed by atoms with E-state index in [-0.39, 0.29) is 5.92 Å². The Labute approximate surface area is 485 Å². The zero-order valence-corrected chi connectivity index (χ0v) is 46.6. The molecule has 0 bridgehead atoms. The molecule has 0 fully saturated rings. The summed E-state index contributed by atoms with van der Waals surface area (Å²) in [5, 5.41) is 14.2. The molecule has 0 saturated heterocycles. The Kier molecular flexibility index (Phi) is 10.9. The summed E-state index contributed by atoms with van der Waals surface area (Å²) in [6.45, 7) is 4.35. The Balaban J connectivity index is 0.844. The summed E-state index contributed by atoms with van der Waals surface area (Å²) >= 11 is 0. The third-order valence-electron chi connectivity index (χ3n) is 17.8. The number of nitrogens with zero attached hydrogens (tertiary/aromatic N) is 3. The van der Waals surface area contributed by atoms with Crippen molar-refractivity contribution >= 4 is 126 Å². The van der Waals surface area contributed by atoms with Gasteiger partial charge in [-0.2, -0.15) is 0 Å². The van der Waals surface area contributed by atoms with E-state index in [2.05, 4.69) is 289 Å². The zero-order valence-electron chi connectivity index (χ0n) is 46.6. The molecular weight excluding hydrogens is 1020 g/mol. The number of rotatable bonds is 10. The highest BCUT2D eigenvalue weighted by atomic mass is 16.3. The largest absolute Gasteiger partial charge is 0.456 e. The van der Waals surface area contributed by atoms with Gasteiger partial charge in [-0.25, -0.2) is 0 Å². The molecule has 0 saturated carbocycles. The van der Waals surface area contributed by atoms with Crippen molar-refractivity contribution in [3.05, 3.63) is 295 Å². The van der Waals surface area contributed by atoms with Gasteiger partial charge in [-0.1, -0.05) is 200 Å². The molecule has 5 heteroatoms. The molecule has 0 amide bonds. The van der Waals surface area contributed by atoms with Crippen LogP contribution in [0.2, 0.25) is 0 Å². The lowest BCUT2D eigenvalue weighted by Gasteiger charge is -2.26. The summed E-state index contributed by atoms with van der Waals surface area (Å²) in [5.74, 6) is 0.142. The standard InChI is InChI=1S/C79H55N3O2/c1-49-17-13-19-52(45-49)59(66-27-15-28-67-62-25-9-11-31-72(62)83-78(66)67)38-33-51-34-39-60-53(47-51)36-41-69-74-70(81(76(60)69)55-20-5-3-6-21-55)44-43-65-64-40-35-54-48-58(37-42-61(54)75(64)82(77(65)74)56-22-7-4-8-23-56)80(57-24-14-18-50(2)46-57)71-30-16-29-68-63-26-10-12-32-73(63)84-79(68)71/h3-32,34-37,39-48,59H,33,38H2,1-2H3/t59-/m0/s1. The molecular formula is C79H55N3O2. The Morgan fingerprint density at radius 3 is 1.69 bits per heavy atom. The van der Waals surface area contributed by atoms with Crippen LogP contribution in [0.25, 0.3) is 120 Å². The van der Waals surface area contributed by atoms with Gasteiger partial charge in [0.05, 0.1) is 27.8 Å². The molecule has 1 atom stereocenters. The van der Waals surface area contributed by atoms with Crippen LogP contribution in [0.1, 0.15) is 40.2 Å². The fourth-order valence-corrected chi connectivity index (χ4v) is 14.1. The average Bonchev–Trinajstić information content (AvgIpc) is 2.56. The maximum atomic E-state index is 6.72. The second-order valence-corrected chi connectivity index (χ2v) is 22.8. The van der Waals surface area contributed by atoms with E-state index in [0.29, 0.717) is 0 Å². The Bertz CT molecular complexity index is 5490. The van der Waals surface area contributed by atoms with Gasteiger partial charge in [-0.3, -0.25) is 0 Å². The Hall–Kier alpha value is -10.6. The maximum Gasteiger partial charge on any atom is 0.159 e. The summed E-state index contributed by atoms with van der Waals surface area (Å²) in [4.78, 5) is 2.36. The van der Waals surface area contributed by atoms with Crippen molar-refractivity contribution in [1.82, 2.24) is 9.13 Å². The molecule has 0 unspecified atom stereocenters. The van der Waals surface area contributed by atoms with Gasteiger partial charge in [-0.15, -0.1) is 0 Å². The van der Waals surface area contributed by atoms with Crippen molar-refractivity contribution in [2.75, 3.05) is 4.90 Å². The van der Waals surface area contributed by atoms with E-state index in [1.54, 1.807) is 0 Å². The van der Waals surface area contributed by atoms with Crippen LogP contribution in [0.5, 0.6) is 0 Å². The number of aryl methyl sites for hydroxylation is 3. The molecule has 4 aromatic heterocycles. The summed E-state index contributed by atoms with van der Waals surface area (Å²) in [5.41, 5.74) is 20.1. The van der Waals surface area contributed by atoms with Crippen LogP contribution in [0.4, 0.5) is 17.1 Å². The van der Waals surface area contributed by atoms with Crippen molar-refractivity contribution in [3.63, 3.8) is 0 Å². The summed E-state index contributed by atoms with van der Waals surface area (Å²) in [6.07, 6.45) is 1.83. The lowest BCUT2D eigenvalue weighted by molar-refractivity contribution is 0.645. The number of hydrogen-bond donors (Lipinski definition) is 0. The molecule has 5 nitrogen and oxygen atoms in total. The quantitative estimate of drug-likeness (QED) is 0.137. The SMILES string of the molecule is Cc1cccc([C@H](CCc2ccc3c(ccc4c5c(ccc6c7ccc8cc(N(c9cccc(C)c9)c9cccc%10c9oc9ccccc9%10)ccc8c7n(-c7ccccc7)c65)n(-c5ccccc5)c34)c2)c2cccc3c2oc2ccccc23)c1. The smallest absolute Gasteiger partial charge is 0.159 e. The molecule has 0 radical (unpaired) electrons. The fourth-order valence-electron chi connectivity index (χ4n) is 14.1. The van der Waals surface area contributed by atoms with E-state index in [4.69, 9.17) is 8.83 Å². The first-order valence-electron chi connectivity index (χ1n) is 29.2. The van der Waals surface area contributed by atoms with E-state index in [0.717, 1.165) is 85.2 Å². The first-order valence-corrected chi connectivity index (χ1v) is 29.2. The number of anilines is 3. The molecule has 17 aromatic rings. The minimum absolute atomic E-state index is 0.142. The monoisotopic (exact) mass is 1080 g/mol. The second-order valence-electron chi connectivity index (χ2n) is 22.8. The lowest BCUT2D eigenvalue weighted by Crippen LogP contribution is -2.10. The molecule has 17 rings (SSSR count). The third kappa shape index (κ3) is 7.48. The highest BCUT2D eigenvalue weighted by Crippen LogP contribution is 2.48. The van der Waals surface area contributed by atoms with E-state index < -0.39 is 0 Å². The van der Waals surface area contributed by atoms with E-state index in [9.17, 15) is 0 Å². The van der Waals surface area contributed by atoms with Crippen LogP contribution in [-0.2, 0) is 6.42 Å². The highest BCUT2D eigenvalue weighted by molar-refractivity contribution is 6.31. The van der Waals surface area contributed by atoms with Crippen LogP contribution in [-0.4, -0.2) is 9.13 Å². The minimum atomic E-state index is 0.142. The van der Waals surface area contributed by atoms with Crippen molar-refractivity contribution in [2.45, 2.75) is 32.6 Å². The Morgan fingerprint density at radius 2 is 0.940 bits per heavy atom. The minimum Gasteiger partial charge on any atom is -0.456 e. The van der Waals surface area contributed by atoms with Crippen molar-refractivity contribution in [2.24, 2.45) is 0 Å². The molecule has 0 aliphatic carbocycles. The number of benzene rings is 13. The predicted molar refractivity (Wildman–Crippen MR) is 352 cm³/mol. The normalized spacial score (nSPS) is 12.5. The third-order valence-corrected chi connectivity index (χ3v) is 17.8. The molecule has 13 aromatic carbocycles. The summed E-state index contributed by atoms with van der Waals surface area (Å²) in [7, 11) is 0. The van der Waals surface area contributed by atoms with Gasteiger partial charge in [-0.05, 0) is 127 Å². The van der Waals surface area contributed by atoms with Crippen LogP contribution >= 0.6 is 0 Å². The van der Waals surface area contributed by atoms with Crippen LogP contribution in [0.3, 0.4) is 0 Å². The van der Waals surface area contributed by atoms with E-state index >= 15 is 0 Å². The van der Waals surface area contributed by atoms with Gasteiger partial charge in [0.15, 0.2) is 5.58 Å². The molecule has 0 N–H and O–H groups in total. The molecule has 398 valence electrons. The van der Waals surface area contributed by atoms with Crippen LogP contribution in [0.15, 0.2) is 276 Å². The van der Waals surface area contributed by atoms with Crippen molar-refractivity contribution in [3.8, 4) is 11.4 Å². The fraction of sp³-hybridized carbons (Fsp3) is 0.0633. The first kappa shape index (κ1) is 48.1. The van der Waals surface area contributed by atoms with Gasteiger partial charge in [0, 0.05) is 88.1 Å². The number of aromatic nitrogens is 2. The van der Waals surface area contributed by atoms with Gasteiger partial charge in [0.25, 0.3) is 0 Å². The predicted octanol–water partition coefficient (Wildman–Crippen LogP) is 21.8.